The van der Waals surface area contributed by atoms with E-state index in [1.807, 2.05) is 18.2 Å². The molecule has 2 heterocycles. The molecule has 1 saturated carbocycles. The highest BCUT2D eigenvalue weighted by Gasteiger charge is 2.59. The largest absolute Gasteiger partial charge is 0.325 e. The third-order valence-corrected chi connectivity index (χ3v) is 7.12. The Kier molecular flexibility index (Phi) is 3.06. The van der Waals surface area contributed by atoms with Crippen LogP contribution in [0.25, 0.3) is 0 Å². The fraction of sp³-hybridized carbons (Fsp3) is 0.500. The van der Waals surface area contributed by atoms with Crippen LogP contribution < -0.4 is 5.32 Å². The van der Waals surface area contributed by atoms with Gasteiger partial charge in [-0.25, -0.2) is 8.42 Å². The van der Waals surface area contributed by atoms with Crippen molar-refractivity contribution >= 4 is 21.6 Å². The first-order valence-electron chi connectivity index (χ1n) is 7.76. The molecule has 0 unspecified atom stereocenters. The maximum absolute atomic E-state index is 12.6. The highest BCUT2D eigenvalue weighted by molar-refractivity contribution is 7.89. The molecular formula is C16H17N3O3S. The van der Waals surface area contributed by atoms with Gasteiger partial charge in [0.05, 0.1) is 17.7 Å². The van der Waals surface area contributed by atoms with E-state index >= 15 is 0 Å². The van der Waals surface area contributed by atoms with Gasteiger partial charge in [-0.1, -0.05) is 18.2 Å². The molecule has 0 bridgehead atoms. The minimum atomic E-state index is -3.43. The number of sulfonamides is 1. The first-order valence-corrected chi connectivity index (χ1v) is 9.37. The molecule has 6 nitrogen and oxygen atoms in total. The summed E-state index contributed by atoms with van der Waals surface area (Å²) in [5, 5.41) is 12.4. The van der Waals surface area contributed by atoms with Crippen LogP contribution in [0.2, 0.25) is 0 Å². The molecule has 0 aromatic heterocycles. The molecule has 0 radical (unpaired) electrons. The monoisotopic (exact) mass is 331 g/mol. The van der Waals surface area contributed by atoms with Crippen molar-refractivity contribution in [3.05, 3.63) is 29.8 Å². The molecule has 3 aliphatic rings. The Balaban J connectivity index is 1.74. The van der Waals surface area contributed by atoms with Gasteiger partial charge in [-0.15, -0.1) is 0 Å². The fourth-order valence-electron chi connectivity index (χ4n) is 3.70. The van der Waals surface area contributed by atoms with Crippen LogP contribution in [0, 0.1) is 23.2 Å². The number of benzene rings is 1. The fourth-order valence-corrected chi connectivity index (χ4v) is 5.62. The van der Waals surface area contributed by atoms with Crippen molar-refractivity contribution in [1.82, 2.24) is 4.31 Å². The third-order valence-electron chi connectivity index (χ3n) is 5.16. The Morgan fingerprint density at radius 1 is 1.35 bits per heavy atom. The Morgan fingerprint density at radius 3 is 2.78 bits per heavy atom. The molecule has 1 N–H and O–H groups in total. The number of anilines is 1. The first-order chi connectivity index (χ1) is 11.0. The maximum atomic E-state index is 12.6. The average molecular weight is 331 g/mol. The maximum Gasteiger partial charge on any atom is 0.237 e. The summed E-state index contributed by atoms with van der Waals surface area (Å²) < 4.78 is 26.5. The molecule has 1 saturated heterocycles. The second-order valence-electron chi connectivity index (χ2n) is 6.67. The number of nitrogens with one attached hydrogen (secondary N) is 1. The van der Waals surface area contributed by atoms with Crippen LogP contribution in [0.15, 0.2) is 24.3 Å². The molecular weight excluding hydrogens is 314 g/mol. The molecule has 1 aliphatic carbocycles. The number of nitriles is 1. The molecule has 1 amide bonds. The predicted molar refractivity (Wildman–Crippen MR) is 83.9 cm³/mol. The average Bonchev–Trinajstić information content (AvgIpc) is 3.15. The number of amides is 1. The second-order valence-corrected chi connectivity index (χ2v) is 8.68. The number of carbonyl (C=O) groups is 1. The lowest BCUT2D eigenvalue weighted by Gasteiger charge is -2.24. The molecule has 4 rings (SSSR count). The van der Waals surface area contributed by atoms with Gasteiger partial charge in [0.2, 0.25) is 15.9 Å². The highest BCUT2D eigenvalue weighted by Crippen LogP contribution is 2.48. The summed E-state index contributed by atoms with van der Waals surface area (Å²) in [7, 11) is -3.43. The van der Waals surface area contributed by atoms with Crippen molar-refractivity contribution in [1.29, 1.82) is 5.26 Å². The SMILES string of the molecule is N#C[C@@H]1CN(S(=O)(=O)CC2CC2)C[C@]12C(=O)Nc1ccccc12. The van der Waals surface area contributed by atoms with Crippen LogP contribution in [-0.4, -0.2) is 37.5 Å². The molecule has 2 aliphatic heterocycles. The zero-order valence-electron chi connectivity index (χ0n) is 12.5. The van der Waals surface area contributed by atoms with Crippen LogP contribution in [0.4, 0.5) is 5.69 Å². The quantitative estimate of drug-likeness (QED) is 0.897. The third kappa shape index (κ3) is 2.09. The summed E-state index contributed by atoms with van der Waals surface area (Å²) in [6.07, 6.45) is 1.90. The number of nitrogens with zero attached hydrogens (tertiary/aromatic N) is 2. The van der Waals surface area contributed by atoms with Crippen molar-refractivity contribution < 1.29 is 13.2 Å². The summed E-state index contributed by atoms with van der Waals surface area (Å²) in [5.74, 6) is -0.568. The smallest absolute Gasteiger partial charge is 0.237 e. The Hall–Kier alpha value is -1.91. The van der Waals surface area contributed by atoms with Crippen LogP contribution in [-0.2, 0) is 20.2 Å². The van der Waals surface area contributed by atoms with Crippen molar-refractivity contribution in [2.24, 2.45) is 11.8 Å². The lowest BCUT2D eigenvalue weighted by Crippen LogP contribution is -2.42. The van der Waals surface area contributed by atoms with Crippen molar-refractivity contribution in [3.8, 4) is 6.07 Å². The number of para-hydroxylation sites is 1. The Labute approximate surface area is 135 Å². The number of rotatable bonds is 3. The minimum Gasteiger partial charge on any atom is -0.325 e. The molecule has 2 atom stereocenters. The number of hydrogen-bond donors (Lipinski definition) is 1. The lowest BCUT2D eigenvalue weighted by molar-refractivity contribution is -0.121. The van der Waals surface area contributed by atoms with E-state index in [4.69, 9.17) is 0 Å². The van der Waals surface area contributed by atoms with Gasteiger partial charge in [0.1, 0.15) is 5.41 Å². The van der Waals surface area contributed by atoms with E-state index < -0.39 is 21.4 Å². The van der Waals surface area contributed by atoms with Gasteiger partial charge in [0.15, 0.2) is 0 Å². The first kappa shape index (κ1) is 14.7. The van der Waals surface area contributed by atoms with Crippen molar-refractivity contribution in [2.45, 2.75) is 18.3 Å². The lowest BCUT2D eigenvalue weighted by atomic mass is 9.74. The normalized spacial score (nSPS) is 30.2. The summed E-state index contributed by atoms with van der Waals surface area (Å²) in [5.41, 5.74) is 0.335. The van der Waals surface area contributed by atoms with Gasteiger partial charge in [0, 0.05) is 18.8 Å². The van der Waals surface area contributed by atoms with Crippen molar-refractivity contribution in [3.63, 3.8) is 0 Å². The highest BCUT2D eigenvalue weighted by atomic mass is 32.2. The van der Waals surface area contributed by atoms with E-state index in [1.165, 1.54) is 4.31 Å². The van der Waals surface area contributed by atoms with Crippen LogP contribution in [0.5, 0.6) is 0 Å². The summed E-state index contributed by atoms with van der Waals surface area (Å²) in [4.78, 5) is 12.6. The second kappa shape index (κ2) is 4.79. The minimum absolute atomic E-state index is 0.0587. The van der Waals surface area contributed by atoms with Gasteiger partial charge in [-0.3, -0.25) is 4.79 Å². The molecule has 1 spiro atoms. The molecule has 2 fully saturated rings. The summed E-state index contributed by atoms with van der Waals surface area (Å²) in [6, 6.07) is 9.41. The van der Waals surface area contributed by atoms with Gasteiger partial charge in [-0.05, 0) is 30.4 Å². The molecule has 120 valence electrons. The number of fused-ring (bicyclic) bond motifs is 2. The summed E-state index contributed by atoms with van der Waals surface area (Å²) in [6.45, 7) is 0.149. The van der Waals surface area contributed by atoms with Crippen LogP contribution in [0.3, 0.4) is 0 Å². The predicted octanol–water partition coefficient (Wildman–Crippen LogP) is 1.07. The Morgan fingerprint density at radius 2 is 2.09 bits per heavy atom. The topological polar surface area (TPSA) is 90.3 Å². The van der Waals surface area contributed by atoms with Crippen LogP contribution in [0.1, 0.15) is 18.4 Å². The van der Waals surface area contributed by atoms with E-state index in [2.05, 4.69) is 11.4 Å². The van der Waals surface area contributed by atoms with E-state index in [9.17, 15) is 18.5 Å². The van der Waals surface area contributed by atoms with E-state index in [0.29, 0.717) is 5.69 Å². The van der Waals surface area contributed by atoms with E-state index in [0.717, 1.165) is 18.4 Å². The zero-order chi connectivity index (χ0) is 16.2. The van der Waals surface area contributed by atoms with E-state index in [-0.39, 0.29) is 30.7 Å². The number of hydrogen-bond acceptors (Lipinski definition) is 4. The van der Waals surface area contributed by atoms with Gasteiger partial charge >= 0.3 is 0 Å². The van der Waals surface area contributed by atoms with Gasteiger partial charge in [0.25, 0.3) is 0 Å². The van der Waals surface area contributed by atoms with Crippen molar-refractivity contribution in [2.75, 3.05) is 24.2 Å². The molecule has 1 aromatic carbocycles. The van der Waals surface area contributed by atoms with E-state index in [1.54, 1.807) is 6.07 Å². The van der Waals surface area contributed by atoms with Gasteiger partial charge in [-0.2, -0.15) is 9.57 Å². The summed E-state index contributed by atoms with van der Waals surface area (Å²) >= 11 is 0. The molecule has 23 heavy (non-hydrogen) atoms. The zero-order valence-corrected chi connectivity index (χ0v) is 13.3. The van der Waals surface area contributed by atoms with Gasteiger partial charge < -0.3 is 5.32 Å². The Bertz CT molecular complexity index is 825. The molecule has 1 aromatic rings. The number of carbonyl (C=O) groups excluding carboxylic acids is 1. The standard InChI is InChI=1S/C16H17N3O3S/c17-7-12-8-19(23(21,22)9-11-5-6-11)10-16(12)13-3-1-2-4-14(13)18-15(16)20/h1-4,11-12H,5-6,8-10H2,(H,18,20)/t12-,16+/m1/s1. The molecule has 7 heteroatoms. The van der Waals surface area contributed by atoms with Crippen LogP contribution >= 0.6 is 0 Å².